The van der Waals surface area contributed by atoms with Crippen LogP contribution in [0, 0.1) is 6.92 Å². The molecule has 0 amide bonds. The van der Waals surface area contributed by atoms with Crippen molar-refractivity contribution >= 4 is 34.5 Å². The van der Waals surface area contributed by atoms with Crippen LogP contribution in [0.1, 0.15) is 18.2 Å². The summed E-state index contributed by atoms with van der Waals surface area (Å²) < 4.78 is 5.21. The summed E-state index contributed by atoms with van der Waals surface area (Å²) in [5.41, 5.74) is -0.384. The van der Waals surface area contributed by atoms with Gasteiger partial charge in [-0.2, -0.15) is 10.2 Å². The minimum absolute atomic E-state index is 0. The van der Waals surface area contributed by atoms with E-state index in [1.54, 1.807) is 20.1 Å². The fourth-order valence-corrected chi connectivity index (χ4v) is 1.30. The van der Waals surface area contributed by atoms with Crippen LogP contribution in [0.15, 0.2) is 25.5 Å². The van der Waals surface area contributed by atoms with Crippen LogP contribution >= 0.6 is 11.8 Å². The fourth-order valence-electron chi connectivity index (χ4n) is 1.14. The predicted molar refractivity (Wildman–Crippen MR) is 71.9 cm³/mol. The number of rotatable bonds is 2. The number of thioether (sulfide) groups is 1. The molecular formula is C10H11N2O3PdS2-. The Kier molecular flexibility index (Phi) is 7.40. The molecular weight excluding hydrogens is 367 g/mol. The van der Waals surface area contributed by atoms with Crippen LogP contribution in [-0.4, -0.2) is 21.4 Å². The molecule has 0 fully saturated rings. The average Bonchev–Trinajstić information content (AvgIpc) is 2.24. The quantitative estimate of drug-likeness (QED) is 0.279. The summed E-state index contributed by atoms with van der Waals surface area (Å²) >= 11 is 6.10. The smallest absolute Gasteiger partial charge is 0.348 e. The van der Waals surface area contributed by atoms with Crippen molar-refractivity contribution in [2.24, 2.45) is 10.2 Å². The molecule has 1 heterocycles. The van der Waals surface area contributed by atoms with Gasteiger partial charge in [-0.1, -0.05) is 0 Å². The van der Waals surface area contributed by atoms with Gasteiger partial charge in [0.1, 0.15) is 17.1 Å². The molecule has 1 aromatic rings. The van der Waals surface area contributed by atoms with Crippen molar-refractivity contribution in [3.05, 3.63) is 27.8 Å². The van der Waals surface area contributed by atoms with E-state index in [-0.39, 0.29) is 37.4 Å². The number of hydrogen-bond acceptors (Lipinski definition) is 7. The van der Waals surface area contributed by atoms with Crippen molar-refractivity contribution in [2.45, 2.75) is 13.8 Å². The van der Waals surface area contributed by atoms with Gasteiger partial charge >= 0.3 is 5.63 Å². The number of aromatic hydroxyl groups is 1. The zero-order valence-electron chi connectivity index (χ0n) is 9.87. The van der Waals surface area contributed by atoms with E-state index in [0.717, 1.165) is 0 Å². The van der Waals surface area contributed by atoms with Gasteiger partial charge in [0.25, 0.3) is 0 Å². The topological polar surface area (TPSA) is 75.2 Å². The van der Waals surface area contributed by atoms with Crippen LogP contribution in [0.25, 0.3) is 0 Å². The maximum Gasteiger partial charge on any atom is 0.348 e. The summed E-state index contributed by atoms with van der Waals surface area (Å²) in [5.74, 6) is 0.158. The Morgan fingerprint density at radius 2 is 2.11 bits per heavy atom. The minimum atomic E-state index is -0.644. The Labute approximate surface area is 128 Å². The van der Waals surface area contributed by atoms with E-state index in [4.69, 9.17) is 17.0 Å². The zero-order chi connectivity index (χ0) is 13.0. The Morgan fingerprint density at radius 3 is 2.61 bits per heavy atom. The second kappa shape index (κ2) is 7.69. The third-order valence-electron chi connectivity index (χ3n) is 1.87. The van der Waals surface area contributed by atoms with Gasteiger partial charge in [0.2, 0.25) is 0 Å². The molecule has 0 bridgehead atoms. The van der Waals surface area contributed by atoms with E-state index in [0.29, 0.717) is 10.1 Å². The second-order valence-corrected chi connectivity index (χ2v) is 4.60. The molecule has 0 aliphatic carbocycles. The molecule has 0 saturated carbocycles. The fraction of sp³-hybridized carbons (Fsp3) is 0.300. The number of hydrogen-bond donors (Lipinski definition) is 1. The third-order valence-corrected chi connectivity index (χ3v) is 2.88. The van der Waals surface area contributed by atoms with Crippen molar-refractivity contribution in [3.63, 3.8) is 0 Å². The maximum absolute atomic E-state index is 11.5. The molecule has 5 nitrogen and oxygen atoms in total. The van der Waals surface area contributed by atoms with E-state index in [9.17, 15) is 9.90 Å². The molecule has 0 aromatic carbocycles. The normalized spacial score (nSPS) is 12.2. The third kappa shape index (κ3) is 4.54. The Balaban J connectivity index is 0.00000289. The van der Waals surface area contributed by atoms with Gasteiger partial charge in [0, 0.05) is 26.5 Å². The summed E-state index contributed by atoms with van der Waals surface area (Å²) in [6.07, 6.45) is 1.77. The molecule has 0 aliphatic heterocycles. The maximum atomic E-state index is 11.5. The van der Waals surface area contributed by atoms with Gasteiger partial charge in [0.05, 0.1) is 5.71 Å². The second-order valence-electron chi connectivity index (χ2n) is 3.16. The molecule has 0 spiro atoms. The van der Waals surface area contributed by atoms with Crippen molar-refractivity contribution in [1.29, 1.82) is 0 Å². The largest absolute Gasteiger partial charge is 0.752 e. The molecule has 0 atom stereocenters. The van der Waals surface area contributed by atoms with E-state index < -0.39 is 5.63 Å². The Morgan fingerprint density at radius 1 is 1.50 bits per heavy atom. The molecule has 18 heavy (non-hydrogen) atoms. The Bertz CT molecular complexity index is 540. The van der Waals surface area contributed by atoms with Crippen LogP contribution < -0.4 is 5.63 Å². The first-order valence-corrected chi connectivity index (χ1v) is 6.26. The minimum Gasteiger partial charge on any atom is -0.752 e. The van der Waals surface area contributed by atoms with E-state index >= 15 is 0 Å². The molecule has 0 unspecified atom stereocenters. The molecule has 8 heteroatoms. The van der Waals surface area contributed by atoms with Crippen LogP contribution in [0.5, 0.6) is 5.75 Å². The summed E-state index contributed by atoms with van der Waals surface area (Å²) in [6.45, 7) is 3.12. The first-order chi connectivity index (χ1) is 7.95. The molecule has 1 aromatic heterocycles. The van der Waals surface area contributed by atoms with Gasteiger partial charge in [-0.3, -0.25) is 0 Å². The molecule has 1 rings (SSSR count). The van der Waals surface area contributed by atoms with Gasteiger partial charge in [-0.05, 0) is 24.5 Å². The van der Waals surface area contributed by atoms with Gasteiger partial charge in [0.15, 0.2) is 0 Å². The van der Waals surface area contributed by atoms with Crippen molar-refractivity contribution in [3.8, 4) is 5.75 Å². The summed E-state index contributed by atoms with van der Waals surface area (Å²) in [7, 11) is 0. The SMILES string of the molecule is CS/C([S-])=N/N=C(\C)c1c(O)cc(C)oc1=O.[Pd]. The molecule has 0 saturated heterocycles. The van der Waals surface area contributed by atoms with Crippen LogP contribution in [0.4, 0.5) is 0 Å². The average molecular weight is 378 g/mol. The molecule has 0 aliphatic rings. The van der Waals surface area contributed by atoms with Gasteiger partial charge in [-0.15, -0.1) is 11.8 Å². The van der Waals surface area contributed by atoms with Gasteiger partial charge in [-0.25, -0.2) is 4.79 Å². The summed E-state index contributed by atoms with van der Waals surface area (Å²) in [5, 5.41) is 17.1. The summed E-state index contributed by atoms with van der Waals surface area (Å²) in [4.78, 5) is 11.5. The van der Waals surface area contributed by atoms with Crippen LogP contribution in [-0.2, 0) is 33.1 Å². The number of aryl methyl sites for hydroxylation is 1. The van der Waals surface area contributed by atoms with E-state index in [1.807, 2.05) is 0 Å². The van der Waals surface area contributed by atoms with Crippen molar-refractivity contribution in [1.82, 2.24) is 0 Å². The van der Waals surface area contributed by atoms with Crippen LogP contribution in [0.3, 0.4) is 0 Å². The molecule has 0 radical (unpaired) electrons. The van der Waals surface area contributed by atoms with Crippen molar-refractivity contribution in [2.75, 3.05) is 6.26 Å². The van der Waals surface area contributed by atoms with Gasteiger partial charge < -0.3 is 22.2 Å². The first-order valence-electron chi connectivity index (χ1n) is 4.63. The first kappa shape index (κ1) is 17.3. The summed E-state index contributed by atoms with van der Waals surface area (Å²) in [6, 6.07) is 1.35. The molecule has 102 valence electrons. The monoisotopic (exact) mass is 377 g/mol. The standard InChI is InChI=1S/C10H12N2O3S2.Pd/c1-5-4-7(13)8(9(14)15-5)6(2)11-12-10(16)17-3;/h4,13H,1-3H3,(H,12,16);/p-1/b11-6+;. The van der Waals surface area contributed by atoms with Crippen molar-refractivity contribution < 1.29 is 29.9 Å². The number of nitrogens with zero attached hydrogens (tertiary/aromatic N) is 2. The van der Waals surface area contributed by atoms with E-state index in [2.05, 4.69) is 10.2 Å². The van der Waals surface area contributed by atoms with Crippen LogP contribution in [0.2, 0.25) is 0 Å². The predicted octanol–water partition coefficient (Wildman–Crippen LogP) is 1.64. The zero-order valence-corrected chi connectivity index (χ0v) is 13.1. The van der Waals surface area contributed by atoms with E-state index in [1.165, 1.54) is 17.8 Å². The molecule has 1 N–H and O–H groups in total. The Hall–Kier alpha value is -0.678.